The van der Waals surface area contributed by atoms with E-state index < -0.39 is 0 Å². The first kappa shape index (κ1) is 9.92. The second kappa shape index (κ2) is 4.27. The standard InChI is InChI=1S/C10H10N2O2S/c1-13-8-4-2-3-7(5-8)6-9-11-12-10(15)14-9/h2-5H,6H2,1H3,(H,12,15). The molecule has 0 aliphatic carbocycles. The highest BCUT2D eigenvalue weighted by molar-refractivity contribution is 7.71. The van der Waals surface area contributed by atoms with Gasteiger partial charge in [0.1, 0.15) is 5.75 Å². The third-order valence-corrected chi connectivity index (χ3v) is 2.15. The Hall–Kier alpha value is -1.62. The average molecular weight is 222 g/mol. The second-order valence-corrected chi connectivity index (χ2v) is 3.41. The zero-order valence-electron chi connectivity index (χ0n) is 8.19. The fourth-order valence-corrected chi connectivity index (χ4v) is 1.44. The largest absolute Gasteiger partial charge is 0.497 e. The normalized spacial score (nSPS) is 10.2. The average Bonchev–Trinajstić information content (AvgIpc) is 2.64. The maximum absolute atomic E-state index is 5.17. The Morgan fingerprint density at radius 3 is 3.07 bits per heavy atom. The van der Waals surface area contributed by atoms with Gasteiger partial charge in [-0.2, -0.15) is 0 Å². The molecule has 78 valence electrons. The van der Waals surface area contributed by atoms with Crippen LogP contribution in [0.25, 0.3) is 0 Å². The third kappa shape index (κ3) is 2.44. The molecular formula is C10H10N2O2S. The van der Waals surface area contributed by atoms with E-state index in [1.165, 1.54) is 0 Å². The topological polar surface area (TPSA) is 51.0 Å². The molecular weight excluding hydrogens is 212 g/mol. The molecule has 0 aliphatic rings. The number of aromatic nitrogens is 2. The minimum absolute atomic E-state index is 0.299. The fourth-order valence-electron chi connectivity index (χ4n) is 1.29. The number of nitrogens with zero attached hydrogens (tertiary/aromatic N) is 1. The number of ether oxygens (including phenoxy) is 1. The number of hydrogen-bond donors (Lipinski definition) is 1. The molecule has 15 heavy (non-hydrogen) atoms. The minimum atomic E-state index is 0.299. The Labute approximate surface area is 91.9 Å². The number of hydrogen-bond acceptors (Lipinski definition) is 4. The van der Waals surface area contributed by atoms with Crippen molar-refractivity contribution in [3.63, 3.8) is 0 Å². The van der Waals surface area contributed by atoms with Crippen molar-refractivity contribution in [2.24, 2.45) is 0 Å². The molecule has 2 rings (SSSR count). The molecule has 0 unspecified atom stereocenters. The van der Waals surface area contributed by atoms with Crippen LogP contribution in [0.2, 0.25) is 0 Å². The molecule has 1 aromatic carbocycles. The lowest BCUT2D eigenvalue weighted by molar-refractivity contribution is 0.414. The molecule has 0 amide bonds. The Bertz CT molecular complexity index is 504. The van der Waals surface area contributed by atoms with Crippen LogP contribution in [-0.2, 0) is 6.42 Å². The molecule has 1 heterocycles. The van der Waals surface area contributed by atoms with Crippen molar-refractivity contribution in [1.29, 1.82) is 0 Å². The van der Waals surface area contributed by atoms with Crippen molar-refractivity contribution in [1.82, 2.24) is 10.2 Å². The van der Waals surface area contributed by atoms with Crippen LogP contribution in [0.4, 0.5) is 0 Å². The first-order valence-electron chi connectivity index (χ1n) is 4.45. The second-order valence-electron chi connectivity index (χ2n) is 3.04. The van der Waals surface area contributed by atoms with Crippen LogP contribution in [0.3, 0.4) is 0 Å². The highest BCUT2D eigenvalue weighted by Gasteiger charge is 2.02. The van der Waals surface area contributed by atoms with Crippen LogP contribution in [0.5, 0.6) is 5.75 Å². The summed E-state index contributed by atoms with van der Waals surface area (Å²) in [7, 11) is 1.64. The lowest BCUT2D eigenvalue weighted by Gasteiger charge is -2.01. The Morgan fingerprint density at radius 2 is 2.40 bits per heavy atom. The molecule has 0 saturated heterocycles. The summed E-state index contributed by atoms with van der Waals surface area (Å²) in [6.07, 6.45) is 0.602. The van der Waals surface area contributed by atoms with Crippen LogP contribution in [0.15, 0.2) is 28.7 Å². The van der Waals surface area contributed by atoms with Gasteiger partial charge in [0.05, 0.1) is 13.5 Å². The number of methoxy groups -OCH3 is 1. The maximum atomic E-state index is 5.17. The molecule has 5 heteroatoms. The predicted octanol–water partition coefficient (Wildman–Crippen LogP) is 2.33. The number of benzene rings is 1. The van der Waals surface area contributed by atoms with Crippen molar-refractivity contribution in [2.75, 3.05) is 7.11 Å². The van der Waals surface area contributed by atoms with Gasteiger partial charge in [0.2, 0.25) is 5.89 Å². The lowest BCUT2D eigenvalue weighted by Crippen LogP contribution is -1.90. The monoisotopic (exact) mass is 222 g/mol. The van der Waals surface area contributed by atoms with Crippen molar-refractivity contribution >= 4 is 12.2 Å². The summed E-state index contributed by atoms with van der Waals surface area (Å²) in [5.41, 5.74) is 1.07. The minimum Gasteiger partial charge on any atom is -0.497 e. The molecule has 2 aromatic rings. The van der Waals surface area contributed by atoms with E-state index in [9.17, 15) is 0 Å². The van der Waals surface area contributed by atoms with E-state index in [1.54, 1.807) is 7.11 Å². The van der Waals surface area contributed by atoms with Gasteiger partial charge in [0.25, 0.3) is 4.84 Å². The van der Waals surface area contributed by atoms with Crippen molar-refractivity contribution in [3.8, 4) is 5.75 Å². The predicted molar refractivity (Wildman–Crippen MR) is 57.5 cm³/mol. The van der Waals surface area contributed by atoms with Crippen LogP contribution in [0, 0.1) is 4.84 Å². The van der Waals surface area contributed by atoms with E-state index in [4.69, 9.17) is 21.4 Å². The van der Waals surface area contributed by atoms with E-state index in [-0.39, 0.29) is 0 Å². The highest BCUT2D eigenvalue weighted by atomic mass is 32.1. The van der Waals surface area contributed by atoms with Crippen LogP contribution in [-0.4, -0.2) is 17.3 Å². The lowest BCUT2D eigenvalue weighted by atomic mass is 10.1. The fraction of sp³-hybridized carbons (Fsp3) is 0.200. The molecule has 0 aliphatic heterocycles. The first-order valence-corrected chi connectivity index (χ1v) is 4.86. The summed E-state index contributed by atoms with van der Waals surface area (Å²) >= 11 is 4.79. The SMILES string of the molecule is COc1cccc(Cc2n[nH]c(=S)o2)c1. The molecule has 4 nitrogen and oxygen atoms in total. The van der Waals surface area contributed by atoms with Crippen molar-refractivity contribution in [2.45, 2.75) is 6.42 Å². The number of H-pyrrole nitrogens is 1. The van der Waals surface area contributed by atoms with Gasteiger partial charge < -0.3 is 9.15 Å². The molecule has 0 fully saturated rings. The summed E-state index contributed by atoms with van der Waals surface area (Å²) in [6, 6.07) is 7.74. The van der Waals surface area contributed by atoms with Gasteiger partial charge in [-0.25, -0.2) is 5.10 Å². The number of aromatic amines is 1. The zero-order chi connectivity index (χ0) is 10.7. The summed E-state index contributed by atoms with van der Waals surface area (Å²) in [5.74, 6) is 1.40. The summed E-state index contributed by atoms with van der Waals surface area (Å²) in [4.78, 5) is 0.299. The summed E-state index contributed by atoms with van der Waals surface area (Å²) < 4.78 is 10.3. The number of nitrogens with one attached hydrogen (secondary N) is 1. The highest BCUT2D eigenvalue weighted by Crippen LogP contribution is 2.15. The quantitative estimate of drug-likeness (QED) is 0.810. The van der Waals surface area contributed by atoms with Crippen LogP contribution < -0.4 is 4.74 Å². The van der Waals surface area contributed by atoms with Crippen molar-refractivity contribution in [3.05, 3.63) is 40.6 Å². The third-order valence-electron chi connectivity index (χ3n) is 1.97. The van der Waals surface area contributed by atoms with Gasteiger partial charge in [-0.05, 0) is 29.9 Å². The van der Waals surface area contributed by atoms with E-state index in [0.29, 0.717) is 17.1 Å². The zero-order valence-corrected chi connectivity index (χ0v) is 9.00. The maximum Gasteiger partial charge on any atom is 0.284 e. The molecule has 0 bridgehead atoms. The van der Waals surface area contributed by atoms with Gasteiger partial charge >= 0.3 is 0 Å². The molecule has 0 atom stereocenters. The van der Waals surface area contributed by atoms with Gasteiger partial charge in [-0.3, -0.25) is 0 Å². The Balaban J connectivity index is 2.20. The molecule has 1 aromatic heterocycles. The Morgan fingerprint density at radius 1 is 1.53 bits per heavy atom. The summed E-state index contributed by atoms with van der Waals surface area (Å²) in [6.45, 7) is 0. The van der Waals surface area contributed by atoms with E-state index in [2.05, 4.69) is 10.2 Å². The van der Waals surface area contributed by atoms with Gasteiger partial charge in [0.15, 0.2) is 0 Å². The molecule has 0 saturated carbocycles. The number of rotatable bonds is 3. The molecule has 0 spiro atoms. The first-order chi connectivity index (χ1) is 7.28. The van der Waals surface area contributed by atoms with E-state index >= 15 is 0 Å². The van der Waals surface area contributed by atoms with Crippen LogP contribution >= 0.6 is 12.2 Å². The van der Waals surface area contributed by atoms with Crippen LogP contribution in [0.1, 0.15) is 11.5 Å². The Kier molecular flexibility index (Phi) is 2.82. The van der Waals surface area contributed by atoms with Gasteiger partial charge in [-0.15, -0.1) is 5.10 Å². The smallest absolute Gasteiger partial charge is 0.284 e. The van der Waals surface area contributed by atoms with Gasteiger partial charge in [-0.1, -0.05) is 12.1 Å². The summed E-state index contributed by atoms with van der Waals surface area (Å²) in [5, 5.41) is 6.51. The van der Waals surface area contributed by atoms with Crippen molar-refractivity contribution < 1.29 is 9.15 Å². The molecule has 0 radical (unpaired) electrons. The van der Waals surface area contributed by atoms with Gasteiger partial charge in [0, 0.05) is 0 Å². The van der Waals surface area contributed by atoms with E-state index in [0.717, 1.165) is 11.3 Å². The van der Waals surface area contributed by atoms with E-state index in [1.807, 2.05) is 24.3 Å². The molecule has 1 N–H and O–H groups in total.